The molecule has 1 aliphatic rings. The monoisotopic (exact) mass is 222 g/mol. The number of nitrogens with zero attached hydrogens (tertiary/aromatic N) is 2. The molecular formula is C11H18N4O. The quantitative estimate of drug-likeness (QED) is 0.563. The van der Waals surface area contributed by atoms with Gasteiger partial charge in [-0.2, -0.15) is 0 Å². The van der Waals surface area contributed by atoms with E-state index >= 15 is 0 Å². The molecule has 0 unspecified atom stereocenters. The molecule has 2 rings (SSSR count). The van der Waals surface area contributed by atoms with Crippen LogP contribution in [-0.4, -0.2) is 16.6 Å². The molecule has 1 saturated carbocycles. The molecule has 1 fully saturated rings. The van der Waals surface area contributed by atoms with Gasteiger partial charge in [-0.25, -0.2) is 15.8 Å². The zero-order valence-corrected chi connectivity index (χ0v) is 9.57. The van der Waals surface area contributed by atoms with Gasteiger partial charge in [-0.15, -0.1) is 0 Å². The van der Waals surface area contributed by atoms with E-state index < -0.39 is 0 Å². The van der Waals surface area contributed by atoms with Crippen molar-refractivity contribution >= 4 is 5.82 Å². The molecule has 1 heterocycles. The van der Waals surface area contributed by atoms with E-state index in [0.29, 0.717) is 11.7 Å². The largest absolute Gasteiger partial charge is 0.477 e. The minimum atomic E-state index is 0.652. The Hall–Kier alpha value is -1.36. The van der Waals surface area contributed by atoms with Crippen molar-refractivity contribution in [3.8, 4) is 5.88 Å². The SMILES string of the molecule is CCc1c(NN)ncnc1OCCC1CC1. The van der Waals surface area contributed by atoms with Gasteiger partial charge in [-0.1, -0.05) is 19.8 Å². The van der Waals surface area contributed by atoms with E-state index in [-0.39, 0.29) is 0 Å². The van der Waals surface area contributed by atoms with Gasteiger partial charge < -0.3 is 10.2 Å². The van der Waals surface area contributed by atoms with Crippen LogP contribution in [0.4, 0.5) is 5.82 Å². The number of nitrogens with two attached hydrogens (primary N) is 1. The van der Waals surface area contributed by atoms with Crippen molar-refractivity contribution in [3.63, 3.8) is 0 Å². The molecule has 16 heavy (non-hydrogen) atoms. The molecule has 5 nitrogen and oxygen atoms in total. The van der Waals surface area contributed by atoms with Gasteiger partial charge in [0, 0.05) is 0 Å². The molecule has 3 N–H and O–H groups in total. The Bertz CT molecular complexity index is 352. The Morgan fingerprint density at radius 3 is 2.94 bits per heavy atom. The minimum Gasteiger partial charge on any atom is -0.477 e. The van der Waals surface area contributed by atoms with Crippen LogP contribution >= 0.6 is 0 Å². The minimum absolute atomic E-state index is 0.652. The van der Waals surface area contributed by atoms with Gasteiger partial charge in [0.05, 0.1) is 12.2 Å². The first-order valence-corrected chi connectivity index (χ1v) is 5.78. The molecule has 0 bridgehead atoms. The fourth-order valence-corrected chi connectivity index (χ4v) is 1.69. The van der Waals surface area contributed by atoms with Crippen LogP contribution in [0.15, 0.2) is 6.33 Å². The van der Waals surface area contributed by atoms with Gasteiger partial charge >= 0.3 is 0 Å². The number of anilines is 1. The lowest BCUT2D eigenvalue weighted by Gasteiger charge is -2.11. The van der Waals surface area contributed by atoms with Crippen molar-refractivity contribution in [3.05, 3.63) is 11.9 Å². The van der Waals surface area contributed by atoms with E-state index in [1.165, 1.54) is 19.2 Å². The molecule has 0 radical (unpaired) electrons. The zero-order valence-electron chi connectivity index (χ0n) is 9.57. The number of rotatable bonds is 6. The van der Waals surface area contributed by atoms with E-state index in [0.717, 1.165) is 30.9 Å². The van der Waals surface area contributed by atoms with Gasteiger partial charge in [0.15, 0.2) is 0 Å². The van der Waals surface area contributed by atoms with Crippen molar-refractivity contribution in [1.29, 1.82) is 0 Å². The van der Waals surface area contributed by atoms with Gasteiger partial charge in [0.2, 0.25) is 5.88 Å². The summed E-state index contributed by atoms with van der Waals surface area (Å²) in [6.07, 6.45) is 6.10. The lowest BCUT2D eigenvalue weighted by molar-refractivity contribution is 0.288. The summed E-state index contributed by atoms with van der Waals surface area (Å²) in [5, 5.41) is 0. The maximum Gasteiger partial charge on any atom is 0.221 e. The summed E-state index contributed by atoms with van der Waals surface area (Å²) >= 11 is 0. The Labute approximate surface area is 95.4 Å². The summed E-state index contributed by atoms with van der Waals surface area (Å²) < 4.78 is 5.67. The Morgan fingerprint density at radius 1 is 1.50 bits per heavy atom. The highest BCUT2D eigenvalue weighted by Gasteiger charge is 2.21. The summed E-state index contributed by atoms with van der Waals surface area (Å²) in [4.78, 5) is 8.20. The van der Waals surface area contributed by atoms with Crippen LogP contribution in [0.1, 0.15) is 31.7 Å². The second kappa shape index (κ2) is 5.12. The van der Waals surface area contributed by atoms with E-state index in [9.17, 15) is 0 Å². The first-order chi connectivity index (χ1) is 7.85. The van der Waals surface area contributed by atoms with Gasteiger partial charge in [-0.05, 0) is 18.8 Å². The maximum absolute atomic E-state index is 5.67. The summed E-state index contributed by atoms with van der Waals surface area (Å²) in [6.45, 7) is 2.77. The van der Waals surface area contributed by atoms with E-state index in [2.05, 4.69) is 15.4 Å². The second-order valence-electron chi connectivity index (χ2n) is 4.08. The Morgan fingerprint density at radius 2 is 2.31 bits per heavy atom. The fraction of sp³-hybridized carbons (Fsp3) is 0.636. The molecule has 1 aliphatic carbocycles. The van der Waals surface area contributed by atoms with Crippen molar-refractivity contribution in [1.82, 2.24) is 9.97 Å². The molecule has 0 aliphatic heterocycles. The Balaban J connectivity index is 1.99. The van der Waals surface area contributed by atoms with Gasteiger partial charge in [0.25, 0.3) is 0 Å². The normalized spacial score (nSPS) is 14.9. The average molecular weight is 222 g/mol. The number of aromatic nitrogens is 2. The third kappa shape index (κ3) is 2.61. The lowest BCUT2D eigenvalue weighted by atomic mass is 10.2. The third-order valence-corrected chi connectivity index (χ3v) is 2.86. The van der Waals surface area contributed by atoms with Crippen LogP contribution in [0.3, 0.4) is 0 Å². The number of hydrogen-bond acceptors (Lipinski definition) is 5. The third-order valence-electron chi connectivity index (χ3n) is 2.86. The first-order valence-electron chi connectivity index (χ1n) is 5.78. The molecule has 0 aromatic carbocycles. The molecule has 0 atom stereocenters. The topological polar surface area (TPSA) is 73.1 Å². The summed E-state index contributed by atoms with van der Waals surface area (Å²) in [5.74, 6) is 7.57. The van der Waals surface area contributed by atoms with Crippen LogP contribution in [-0.2, 0) is 6.42 Å². The predicted molar refractivity (Wildman–Crippen MR) is 62.1 cm³/mol. The van der Waals surface area contributed by atoms with Gasteiger partial charge in [0.1, 0.15) is 12.1 Å². The highest BCUT2D eigenvalue weighted by Crippen LogP contribution is 2.32. The van der Waals surface area contributed by atoms with Crippen molar-refractivity contribution in [2.24, 2.45) is 11.8 Å². The van der Waals surface area contributed by atoms with Crippen LogP contribution in [0.25, 0.3) is 0 Å². The molecular weight excluding hydrogens is 204 g/mol. The predicted octanol–water partition coefficient (Wildman–Crippen LogP) is 1.50. The van der Waals surface area contributed by atoms with Crippen molar-refractivity contribution < 1.29 is 4.74 Å². The highest BCUT2D eigenvalue weighted by molar-refractivity contribution is 5.47. The molecule has 1 aromatic rings. The zero-order chi connectivity index (χ0) is 11.4. The van der Waals surface area contributed by atoms with E-state index in [1.807, 2.05) is 6.92 Å². The number of nitrogens with one attached hydrogen (secondary N) is 1. The standard InChI is InChI=1S/C11H18N4O/c1-2-9-10(15-12)13-7-14-11(9)16-6-5-8-3-4-8/h7-8H,2-6,12H2,1H3,(H,13,14,15). The van der Waals surface area contributed by atoms with E-state index in [4.69, 9.17) is 10.6 Å². The lowest BCUT2D eigenvalue weighted by Crippen LogP contribution is -2.13. The molecule has 5 heteroatoms. The maximum atomic E-state index is 5.67. The molecule has 0 saturated heterocycles. The number of ether oxygens (including phenoxy) is 1. The van der Waals surface area contributed by atoms with Crippen LogP contribution < -0.4 is 16.0 Å². The van der Waals surface area contributed by atoms with Crippen molar-refractivity contribution in [2.45, 2.75) is 32.6 Å². The summed E-state index contributed by atoms with van der Waals surface area (Å²) in [6, 6.07) is 0. The van der Waals surface area contributed by atoms with Gasteiger partial charge in [-0.3, -0.25) is 0 Å². The van der Waals surface area contributed by atoms with Crippen LogP contribution in [0.5, 0.6) is 5.88 Å². The smallest absolute Gasteiger partial charge is 0.221 e. The number of hydrogen-bond donors (Lipinski definition) is 2. The molecule has 88 valence electrons. The summed E-state index contributed by atoms with van der Waals surface area (Å²) in [7, 11) is 0. The first kappa shape index (κ1) is 11.1. The summed E-state index contributed by atoms with van der Waals surface area (Å²) in [5.41, 5.74) is 3.51. The van der Waals surface area contributed by atoms with Crippen molar-refractivity contribution in [2.75, 3.05) is 12.0 Å². The second-order valence-corrected chi connectivity index (χ2v) is 4.08. The van der Waals surface area contributed by atoms with Crippen LogP contribution in [0.2, 0.25) is 0 Å². The fourth-order valence-electron chi connectivity index (χ4n) is 1.69. The molecule has 0 spiro atoms. The number of hydrazine groups is 1. The van der Waals surface area contributed by atoms with Crippen LogP contribution in [0, 0.1) is 5.92 Å². The average Bonchev–Trinajstić information content (AvgIpc) is 3.12. The van der Waals surface area contributed by atoms with E-state index in [1.54, 1.807) is 0 Å². The molecule has 1 aromatic heterocycles. The highest BCUT2D eigenvalue weighted by atomic mass is 16.5. The Kier molecular flexibility index (Phi) is 3.56. The number of nitrogen functional groups attached to an aromatic ring is 1. The molecule has 0 amide bonds.